The van der Waals surface area contributed by atoms with Crippen molar-refractivity contribution < 1.29 is 14.4 Å². The molecule has 9 heteroatoms. The van der Waals surface area contributed by atoms with Gasteiger partial charge in [-0.15, -0.1) is 11.3 Å². The summed E-state index contributed by atoms with van der Waals surface area (Å²) in [5, 5.41) is 5.15. The largest absolute Gasteiger partial charge is 0.369 e. The number of carbonyl (C=O) groups is 3. The molecule has 3 rings (SSSR count). The minimum absolute atomic E-state index is 0.0147. The molecular weight excluding hydrogens is 364 g/mol. The van der Waals surface area contributed by atoms with Crippen molar-refractivity contribution in [3.8, 4) is 0 Å². The zero-order valence-corrected chi connectivity index (χ0v) is 14.7. The number of thiazole rings is 1. The Bertz CT molecular complexity index is 852. The van der Waals surface area contributed by atoms with Crippen molar-refractivity contribution in [1.29, 1.82) is 0 Å². The van der Waals surface area contributed by atoms with E-state index >= 15 is 0 Å². The number of anilines is 2. The molecule has 3 N–H and O–H groups in total. The van der Waals surface area contributed by atoms with Gasteiger partial charge in [0.05, 0.1) is 23.4 Å². The van der Waals surface area contributed by atoms with Crippen LogP contribution in [0.2, 0.25) is 5.02 Å². The van der Waals surface area contributed by atoms with Gasteiger partial charge < -0.3 is 10.6 Å². The van der Waals surface area contributed by atoms with Gasteiger partial charge in [-0.3, -0.25) is 19.7 Å². The summed E-state index contributed by atoms with van der Waals surface area (Å²) >= 11 is 7.23. The second kappa shape index (κ2) is 7.20. The maximum Gasteiger partial charge on any atom is 0.259 e. The number of primary amides is 1. The van der Waals surface area contributed by atoms with E-state index in [0.29, 0.717) is 40.1 Å². The molecule has 3 amide bonds. The zero-order chi connectivity index (χ0) is 18.0. The van der Waals surface area contributed by atoms with E-state index in [1.54, 1.807) is 28.5 Å². The van der Waals surface area contributed by atoms with E-state index in [2.05, 4.69) is 10.3 Å². The summed E-state index contributed by atoms with van der Waals surface area (Å²) in [7, 11) is 0. The van der Waals surface area contributed by atoms with E-state index in [1.807, 2.05) is 0 Å². The molecule has 0 radical (unpaired) electrons. The maximum absolute atomic E-state index is 12.6. The normalized spacial score (nSPS) is 14.0. The molecule has 2 aromatic rings. The molecule has 1 aliphatic rings. The first-order valence-corrected chi connectivity index (χ1v) is 8.84. The van der Waals surface area contributed by atoms with Crippen molar-refractivity contribution in [2.24, 2.45) is 5.73 Å². The standard InChI is InChI=1S/C16H15ClN4O3S/c17-9-3-4-11(12(6-9)21-5-1-2-14(21)23)15(24)20-16-19-10(8-25-16)7-13(18)22/h3-4,6,8H,1-2,5,7H2,(H2,18,22)(H,19,20,24). The fraction of sp³-hybridized carbons (Fsp3) is 0.250. The number of hydrogen-bond donors (Lipinski definition) is 2. The van der Waals surface area contributed by atoms with Gasteiger partial charge in [0.2, 0.25) is 11.8 Å². The highest BCUT2D eigenvalue weighted by molar-refractivity contribution is 7.14. The molecule has 1 aliphatic heterocycles. The monoisotopic (exact) mass is 378 g/mol. The molecule has 0 saturated carbocycles. The van der Waals surface area contributed by atoms with Gasteiger partial charge in [0, 0.05) is 23.4 Å². The quantitative estimate of drug-likeness (QED) is 0.831. The number of aromatic nitrogens is 1. The number of benzene rings is 1. The molecule has 1 saturated heterocycles. The third kappa shape index (κ3) is 3.97. The number of amides is 3. The van der Waals surface area contributed by atoms with Gasteiger partial charge in [-0.2, -0.15) is 0 Å². The lowest BCUT2D eigenvalue weighted by molar-refractivity contribution is -0.118. The van der Waals surface area contributed by atoms with E-state index in [0.717, 1.165) is 6.42 Å². The second-order valence-electron chi connectivity index (χ2n) is 5.55. The van der Waals surface area contributed by atoms with E-state index < -0.39 is 11.8 Å². The van der Waals surface area contributed by atoms with Crippen LogP contribution in [0.5, 0.6) is 0 Å². The van der Waals surface area contributed by atoms with Crippen LogP contribution in [0, 0.1) is 0 Å². The van der Waals surface area contributed by atoms with Crippen molar-refractivity contribution in [2.75, 3.05) is 16.8 Å². The molecule has 0 spiro atoms. The number of rotatable bonds is 5. The van der Waals surface area contributed by atoms with Crippen molar-refractivity contribution >= 4 is 51.5 Å². The Morgan fingerprint density at radius 3 is 2.88 bits per heavy atom. The van der Waals surface area contributed by atoms with Gasteiger partial charge >= 0.3 is 0 Å². The van der Waals surface area contributed by atoms with Crippen LogP contribution in [0.3, 0.4) is 0 Å². The highest BCUT2D eigenvalue weighted by Crippen LogP contribution is 2.29. The first-order valence-electron chi connectivity index (χ1n) is 7.58. The lowest BCUT2D eigenvalue weighted by atomic mass is 10.1. The lowest BCUT2D eigenvalue weighted by Crippen LogP contribution is -2.27. The topological polar surface area (TPSA) is 105 Å². The highest BCUT2D eigenvalue weighted by atomic mass is 35.5. The summed E-state index contributed by atoms with van der Waals surface area (Å²) in [6, 6.07) is 4.79. The number of hydrogen-bond acceptors (Lipinski definition) is 5. The Balaban J connectivity index is 1.83. The molecule has 0 aliphatic carbocycles. The number of halogens is 1. The van der Waals surface area contributed by atoms with Crippen molar-refractivity contribution in [2.45, 2.75) is 19.3 Å². The number of nitrogens with one attached hydrogen (secondary N) is 1. The summed E-state index contributed by atoms with van der Waals surface area (Å²) in [5.41, 5.74) is 6.46. The average Bonchev–Trinajstić information content (AvgIpc) is 3.15. The number of nitrogens with two attached hydrogens (primary N) is 1. The van der Waals surface area contributed by atoms with Crippen molar-refractivity contribution in [3.05, 3.63) is 39.9 Å². The molecule has 2 heterocycles. The maximum atomic E-state index is 12.6. The third-order valence-electron chi connectivity index (χ3n) is 3.70. The van der Waals surface area contributed by atoms with Crippen LogP contribution in [0.4, 0.5) is 10.8 Å². The Morgan fingerprint density at radius 2 is 2.20 bits per heavy atom. The second-order valence-corrected chi connectivity index (χ2v) is 6.85. The van der Waals surface area contributed by atoms with Crippen LogP contribution in [0.1, 0.15) is 28.9 Å². The minimum atomic E-state index is -0.490. The molecule has 1 aromatic carbocycles. The Morgan fingerprint density at radius 1 is 1.40 bits per heavy atom. The molecule has 0 unspecified atom stereocenters. The van der Waals surface area contributed by atoms with Crippen LogP contribution in [0.25, 0.3) is 0 Å². The van der Waals surface area contributed by atoms with Gasteiger partial charge in [0.15, 0.2) is 5.13 Å². The predicted octanol–water partition coefficient (Wildman–Crippen LogP) is 2.20. The highest BCUT2D eigenvalue weighted by Gasteiger charge is 2.26. The van der Waals surface area contributed by atoms with Crippen LogP contribution >= 0.6 is 22.9 Å². The Labute approximate surface area is 152 Å². The van der Waals surface area contributed by atoms with Crippen molar-refractivity contribution in [1.82, 2.24) is 4.98 Å². The summed E-state index contributed by atoms with van der Waals surface area (Å²) in [6.07, 6.45) is 1.22. The summed E-state index contributed by atoms with van der Waals surface area (Å²) < 4.78 is 0. The minimum Gasteiger partial charge on any atom is -0.369 e. The summed E-state index contributed by atoms with van der Waals surface area (Å²) in [4.78, 5) is 41.3. The smallest absolute Gasteiger partial charge is 0.259 e. The molecular formula is C16H15ClN4O3S. The van der Waals surface area contributed by atoms with Crippen LogP contribution < -0.4 is 16.0 Å². The molecule has 130 valence electrons. The summed E-state index contributed by atoms with van der Waals surface area (Å²) in [5.74, 6) is -0.920. The first kappa shape index (κ1) is 17.4. The van der Waals surface area contributed by atoms with Crippen LogP contribution in [0.15, 0.2) is 23.6 Å². The molecule has 0 atom stereocenters. The molecule has 1 aromatic heterocycles. The van der Waals surface area contributed by atoms with E-state index in [1.165, 1.54) is 11.3 Å². The first-order chi connectivity index (χ1) is 11.9. The summed E-state index contributed by atoms with van der Waals surface area (Å²) in [6.45, 7) is 0.555. The van der Waals surface area contributed by atoms with E-state index in [-0.39, 0.29) is 12.3 Å². The van der Waals surface area contributed by atoms with Crippen molar-refractivity contribution in [3.63, 3.8) is 0 Å². The van der Waals surface area contributed by atoms with Crippen LogP contribution in [-0.4, -0.2) is 29.3 Å². The predicted molar refractivity (Wildman–Crippen MR) is 96.0 cm³/mol. The Kier molecular flexibility index (Phi) is 5.00. The fourth-order valence-corrected chi connectivity index (χ4v) is 3.48. The number of carbonyl (C=O) groups excluding carboxylic acids is 3. The van der Waals surface area contributed by atoms with Gasteiger partial charge in [-0.1, -0.05) is 11.6 Å². The SMILES string of the molecule is NC(=O)Cc1csc(NC(=O)c2ccc(Cl)cc2N2CCCC2=O)n1. The van der Waals surface area contributed by atoms with Gasteiger partial charge in [-0.25, -0.2) is 4.98 Å². The average molecular weight is 379 g/mol. The molecule has 0 bridgehead atoms. The van der Waals surface area contributed by atoms with Gasteiger partial charge in [-0.05, 0) is 24.6 Å². The fourth-order valence-electron chi connectivity index (χ4n) is 2.61. The van der Waals surface area contributed by atoms with Crippen LogP contribution in [-0.2, 0) is 16.0 Å². The molecule has 1 fully saturated rings. The molecule has 7 nitrogen and oxygen atoms in total. The Hall–Kier alpha value is -2.45. The number of nitrogens with zero attached hydrogens (tertiary/aromatic N) is 2. The lowest BCUT2D eigenvalue weighted by Gasteiger charge is -2.19. The van der Waals surface area contributed by atoms with Gasteiger partial charge in [0.1, 0.15) is 0 Å². The van der Waals surface area contributed by atoms with E-state index in [9.17, 15) is 14.4 Å². The zero-order valence-electron chi connectivity index (χ0n) is 13.1. The third-order valence-corrected chi connectivity index (χ3v) is 4.74. The van der Waals surface area contributed by atoms with Gasteiger partial charge in [0.25, 0.3) is 5.91 Å². The van der Waals surface area contributed by atoms with E-state index in [4.69, 9.17) is 17.3 Å². The molecule has 25 heavy (non-hydrogen) atoms.